The van der Waals surface area contributed by atoms with Gasteiger partial charge in [-0.15, -0.1) is 0 Å². The molecule has 0 aliphatic rings. The van der Waals surface area contributed by atoms with Crippen molar-refractivity contribution in [3.63, 3.8) is 0 Å². The molecular formula is C18H15BrN2O3. The van der Waals surface area contributed by atoms with Crippen molar-refractivity contribution >= 4 is 38.7 Å². The topological polar surface area (TPSA) is 71.2 Å². The van der Waals surface area contributed by atoms with Crippen LogP contribution in [0.3, 0.4) is 0 Å². The molecule has 0 aliphatic heterocycles. The third kappa shape index (κ3) is 3.83. The molecule has 0 fully saturated rings. The predicted octanol–water partition coefficient (Wildman–Crippen LogP) is 3.40. The van der Waals surface area contributed by atoms with E-state index in [1.807, 2.05) is 48.5 Å². The largest absolute Gasteiger partial charge is 0.452 e. The molecular weight excluding hydrogens is 372 g/mol. The Balaban J connectivity index is 1.56. The zero-order valence-electron chi connectivity index (χ0n) is 12.7. The lowest BCUT2D eigenvalue weighted by Gasteiger charge is -2.06. The lowest BCUT2D eigenvalue weighted by molar-refractivity contribution is -0.124. The number of carbonyl (C=O) groups is 2. The fourth-order valence-corrected chi connectivity index (χ4v) is 2.68. The van der Waals surface area contributed by atoms with Crippen LogP contribution in [0.1, 0.15) is 15.9 Å². The van der Waals surface area contributed by atoms with Gasteiger partial charge in [0.05, 0.1) is 5.56 Å². The van der Waals surface area contributed by atoms with Crippen LogP contribution in [0.25, 0.3) is 10.9 Å². The van der Waals surface area contributed by atoms with Crippen molar-refractivity contribution in [2.45, 2.75) is 6.54 Å². The van der Waals surface area contributed by atoms with Crippen LogP contribution < -0.4 is 5.32 Å². The van der Waals surface area contributed by atoms with Crippen LogP contribution in [-0.2, 0) is 16.1 Å². The van der Waals surface area contributed by atoms with E-state index in [0.29, 0.717) is 12.1 Å². The molecule has 0 radical (unpaired) electrons. The number of fused-ring (bicyclic) bond motifs is 1. The number of hydrogen-bond acceptors (Lipinski definition) is 3. The van der Waals surface area contributed by atoms with Crippen LogP contribution in [0.4, 0.5) is 0 Å². The Morgan fingerprint density at radius 3 is 2.71 bits per heavy atom. The summed E-state index contributed by atoms with van der Waals surface area (Å²) in [5, 5.41) is 3.46. The number of benzene rings is 2. The van der Waals surface area contributed by atoms with Gasteiger partial charge < -0.3 is 15.0 Å². The van der Waals surface area contributed by atoms with Crippen LogP contribution in [0, 0.1) is 0 Å². The Hall–Kier alpha value is -2.60. The molecule has 5 nitrogen and oxygen atoms in total. The predicted molar refractivity (Wildman–Crippen MR) is 94.6 cm³/mol. The molecule has 1 heterocycles. The number of esters is 1. The molecule has 0 atom stereocenters. The van der Waals surface area contributed by atoms with Gasteiger partial charge in [0.25, 0.3) is 5.91 Å². The van der Waals surface area contributed by atoms with Crippen molar-refractivity contribution in [1.29, 1.82) is 0 Å². The summed E-state index contributed by atoms with van der Waals surface area (Å²) in [5.41, 5.74) is 2.22. The van der Waals surface area contributed by atoms with Gasteiger partial charge in [0.15, 0.2) is 6.61 Å². The van der Waals surface area contributed by atoms with E-state index < -0.39 is 5.97 Å². The van der Waals surface area contributed by atoms with Crippen LogP contribution >= 0.6 is 15.9 Å². The van der Waals surface area contributed by atoms with Crippen molar-refractivity contribution in [3.05, 3.63) is 70.3 Å². The Morgan fingerprint density at radius 1 is 1.12 bits per heavy atom. The summed E-state index contributed by atoms with van der Waals surface area (Å²) in [6.45, 7) is 0.0869. The summed E-state index contributed by atoms with van der Waals surface area (Å²) < 4.78 is 5.96. The van der Waals surface area contributed by atoms with E-state index in [1.54, 1.807) is 6.20 Å². The minimum absolute atomic E-state index is 0.313. The highest BCUT2D eigenvalue weighted by molar-refractivity contribution is 9.10. The number of nitrogens with one attached hydrogen (secondary N) is 2. The number of amides is 1. The molecule has 0 bridgehead atoms. The molecule has 1 aromatic heterocycles. The molecule has 2 N–H and O–H groups in total. The third-order valence-corrected chi connectivity index (χ3v) is 4.02. The van der Waals surface area contributed by atoms with E-state index in [0.717, 1.165) is 20.9 Å². The number of halogens is 1. The third-order valence-electron chi connectivity index (χ3n) is 3.53. The monoisotopic (exact) mass is 386 g/mol. The molecule has 24 heavy (non-hydrogen) atoms. The highest BCUT2D eigenvalue weighted by Gasteiger charge is 2.15. The van der Waals surface area contributed by atoms with Crippen molar-refractivity contribution in [1.82, 2.24) is 10.3 Å². The second-order valence-corrected chi connectivity index (χ2v) is 6.15. The van der Waals surface area contributed by atoms with E-state index in [1.165, 1.54) is 0 Å². The fourth-order valence-electron chi connectivity index (χ4n) is 2.32. The summed E-state index contributed by atoms with van der Waals surface area (Å²) in [7, 11) is 0. The first-order valence-corrected chi connectivity index (χ1v) is 8.17. The zero-order valence-corrected chi connectivity index (χ0v) is 14.3. The van der Waals surface area contributed by atoms with Crippen LogP contribution in [-0.4, -0.2) is 23.5 Å². The maximum Gasteiger partial charge on any atom is 0.340 e. The quantitative estimate of drug-likeness (QED) is 0.660. The van der Waals surface area contributed by atoms with E-state index in [4.69, 9.17) is 4.74 Å². The second kappa shape index (κ2) is 7.31. The Labute approximate surface area is 147 Å². The van der Waals surface area contributed by atoms with Gasteiger partial charge in [-0.2, -0.15) is 0 Å². The summed E-state index contributed by atoms with van der Waals surface area (Å²) in [4.78, 5) is 27.0. The van der Waals surface area contributed by atoms with Crippen molar-refractivity contribution in [3.8, 4) is 0 Å². The Bertz CT molecular complexity index is 874. The smallest absolute Gasteiger partial charge is 0.340 e. The molecule has 0 aliphatic carbocycles. The normalized spacial score (nSPS) is 10.5. The summed E-state index contributed by atoms with van der Waals surface area (Å²) in [6, 6.07) is 15.1. The van der Waals surface area contributed by atoms with Crippen LogP contribution in [0.15, 0.2) is 59.2 Å². The molecule has 1 amide bonds. The maximum absolute atomic E-state index is 12.2. The van der Waals surface area contributed by atoms with E-state index in [9.17, 15) is 9.59 Å². The number of aromatic nitrogens is 1. The Kier molecular flexibility index (Phi) is 4.96. The average molecular weight is 387 g/mol. The summed E-state index contributed by atoms with van der Waals surface area (Å²) in [6.07, 6.45) is 1.58. The van der Waals surface area contributed by atoms with Gasteiger partial charge in [-0.25, -0.2) is 4.79 Å². The highest BCUT2D eigenvalue weighted by atomic mass is 79.9. The molecule has 122 valence electrons. The van der Waals surface area contributed by atoms with Gasteiger partial charge in [-0.3, -0.25) is 4.79 Å². The van der Waals surface area contributed by atoms with Gasteiger partial charge in [0.2, 0.25) is 0 Å². The lowest BCUT2D eigenvalue weighted by Crippen LogP contribution is -2.28. The number of carbonyl (C=O) groups excluding carboxylic acids is 2. The molecule has 3 rings (SSSR count). The van der Waals surface area contributed by atoms with Crippen LogP contribution in [0.5, 0.6) is 0 Å². The van der Waals surface area contributed by atoms with Gasteiger partial charge in [0.1, 0.15) is 0 Å². The number of aromatic amines is 1. The highest BCUT2D eigenvalue weighted by Crippen LogP contribution is 2.23. The molecule has 0 unspecified atom stereocenters. The number of ether oxygens (including phenoxy) is 1. The minimum atomic E-state index is -0.533. The van der Waals surface area contributed by atoms with Gasteiger partial charge in [-0.1, -0.05) is 46.3 Å². The minimum Gasteiger partial charge on any atom is -0.452 e. The molecule has 0 spiro atoms. The van der Waals surface area contributed by atoms with Crippen molar-refractivity contribution < 1.29 is 14.3 Å². The summed E-state index contributed by atoms with van der Waals surface area (Å²) >= 11 is 3.38. The molecule has 0 saturated carbocycles. The Morgan fingerprint density at radius 2 is 1.92 bits per heavy atom. The van der Waals surface area contributed by atoms with Gasteiger partial charge in [-0.05, 0) is 23.8 Å². The number of H-pyrrole nitrogens is 1. The lowest BCUT2D eigenvalue weighted by atomic mass is 10.2. The molecule has 6 heteroatoms. The van der Waals surface area contributed by atoms with Crippen molar-refractivity contribution in [2.24, 2.45) is 0 Å². The number of hydrogen-bond donors (Lipinski definition) is 2. The van der Waals surface area contributed by atoms with Gasteiger partial charge in [0, 0.05) is 28.1 Å². The first kappa shape index (κ1) is 16.3. The average Bonchev–Trinajstić information content (AvgIpc) is 3.02. The standard InChI is InChI=1S/C18H15BrN2O3/c19-13-6-7-16-14(8-13)15(10-20-16)18(23)24-11-17(22)21-9-12-4-2-1-3-5-12/h1-8,10,20H,9,11H2,(H,21,22). The fraction of sp³-hybridized carbons (Fsp3) is 0.111. The van der Waals surface area contributed by atoms with Crippen LogP contribution in [0.2, 0.25) is 0 Å². The first-order chi connectivity index (χ1) is 11.6. The van der Waals surface area contributed by atoms with E-state index >= 15 is 0 Å². The van der Waals surface area contributed by atoms with Gasteiger partial charge >= 0.3 is 5.97 Å². The molecule has 3 aromatic rings. The molecule has 2 aromatic carbocycles. The van der Waals surface area contributed by atoms with Crippen molar-refractivity contribution in [2.75, 3.05) is 6.61 Å². The first-order valence-electron chi connectivity index (χ1n) is 7.38. The molecule has 0 saturated heterocycles. The number of rotatable bonds is 5. The van der Waals surface area contributed by atoms with E-state index in [-0.39, 0.29) is 12.5 Å². The maximum atomic E-state index is 12.2. The SMILES string of the molecule is O=C(COC(=O)c1c[nH]c2ccc(Br)cc12)NCc1ccccc1. The zero-order chi connectivity index (χ0) is 16.9. The second-order valence-electron chi connectivity index (χ2n) is 5.23. The summed E-state index contributed by atoms with van der Waals surface area (Å²) in [5.74, 6) is -0.873. The van der Waals surface area contributed by atoms with E-state index in [2.05, 4.69) is 26.2 Å².